The molecule has 2 unspecified atom stereocenters. The molecule has 1 amide bonds. The van der Waals surface area contributed by atoms with Crippen molar-refractivity contribution in [3.8, 4) is 6.07 Å². The van der Waals surface area contributed by atoms with Crippen LogP contribution in [0.2, 0.25) is 0 Å². The standard InChI is InChI=1S/C30H34F3N7O3/c1-4-21-16-40(27-25-24(37(3)29(43)36-27)11-10-20(14-34)35-25)22(5-2)15-39(21)26(28(42)38-13-12-23(41)17-38)18-6-8-19(9-7-18)30(31,32)33/h6-11,21-23,26,41H,4-5,12-13,15-17H2,1-3H3/t21-,22+,23?,26?/m1/s1. The number of hydrogen-bond acceptors (Lipinski definition) is 8. The lowest BCUT2D eigenvalue weighted by Crippen LogP contribution is -2.61. The quantitative estimate of drug-likeness (QED) is 0.460. The van der Waals surface area contributed by atoms with Crippen molar-refractivity contribution >= 4 is 22.8 Å². The third kappa shape index (κ3) is 5.81. The number of likely N-dealkylation sites (tertiary alicyclic amines) is 1. The maximum atomic E-state index is 14.0. The lowest BCUT2D eigenvalue weighted by Gasteiger charge is -2.49. The molecule has 228 valence electrons. The van der Waals surface area contributed by atoms with E-state index in [9.17, 15) is 33.1 Å². The molecule has 2 fully saturated rings. The summed E-state index contributed by atoms with van der Waals surface area (Å²) in [4.78, 5) is 41.4. The van der Waals surface area contributed by atoms with E-state index in [0.29, 0.717) is 61.3 Å². The average molecular weight is 598 g/mol. The van der Waals surface area contributed by atoms with Gasteiger partial charge < -0.3 is 14.9 Å². The molecule has 4 heterocycles. The van der Waals surface area contributed by atoms with Gasteiger partial charge in [0, 0.05) is 45.3 Å². The van der Waals surface area contributed by atoms with Crippen molar-refractivity contribution in [3.63, 3.8) is 0 Å². The summed E-state index contributed by atoms with van der Waals surface area (Å²) in [6, 6.07) is 8.64. The Morgan fingerprint density at radius 3 is 2.35 bits per heavy atom. The Morgan fingerprint density at radius 2 is 1.77 bits per heavy atom. The van der Waals surface area contributed by atoms with Crippen molar-refractivity contribution in [3.05, 3.63) is 63.7 Å². The van der Waals surface area contributed by atoms with Crippen molar-refractivity contribution < 1.29 is 23.1 Å². The van der Waals surface area contributed by atoms with Crippen LogP contribution < -0.4 is 10.6 Å². The summed E-state index contributed by atoms with van der Waals surface area (Å²) < 4.78 is 41.5. The van der Waals surface area contributed by atoms with Crippen LogP contribution in [0.4, 0.5) is 19.0 Å². The van der Waals surface area contributed by atoms with Crippen molar-refractivity contribution in [1.29, 1.82) is 5.26 Å². The molecule has 10 nitrogen and oxygen atoms in total. The smallest absolute Gasteiger partial charge is 0.391 e. The molecular weight excluding hydrogens is 563 g/mol. The predicted molar refractivity (Wildman–Crippen MR) is 153 cm³/mol. The summed E-state index contributed by atoms with van der Waals surface area (Å²) in [5.41, 5.74) is 0.321. The zero-order chi connectivity index (χ0) is 31.1. The molecule has 0 radical (unpaired) electrons. The number of fused-ring (bicyclic) bond motifs is 1. The van der Waals surface area contributed by atoms with Gasteiger partial charge in [-0.3, -0.25) is 14.3 Å². The molecule has 2 aliphatic rings. The molecule has 0 spiro atoms. The van der Waals surface area contributed by atoms with Crippen LogP contribution in [0.5, 0.6) is 0 Å². The van der Waals surface area contributed by atoms with Crippen LogP contribution in [-0.2, 0) is 18.0 Å². The van der Waals surface area contributed by atoms with Gasteiger partial charge >= 0.3 is 11.9 Å². The number of halogens is 3. The first-order valence-corrected chi connectivity index (χ1v) is 14.4. The summed E-state index contributed by atoms with van der Waals surface area (Å²) in [5.74, 6) is 0.0933. The Bertz CT molecular complexity index is 1600. The minimum Gasteiger partial charge on any atom is -0.391 e. The maximum Gasteiger partial charge on any atom is 0.416 e. The Labute approximate surface area is 247 Å². The summed E-state index contributed by atoms with van der Waals surface area (Å²) in [6.07, 6.45) is -3.51. The van der Waals surface area contributed by atoms with Gasteiger partial charge in [-0.15, -0.1) is 0 Å². The second-order valence-electron chi connectivity index (χ2n) is 11.2. The number of alkyl halides is 3. The van der Waals surface area contributed by atoms with Crippen molar-refractivity contribution in [2.45, 2.75) is 63.5 Å². The van der Waals surface area contributed by atoms with Crippen LogP contribution in [0.1, 0.15) is 56.0 Å². The molecule has 0 aliphatic carbocycles. The largest absolute Gasteiger partial charge is 0.416 e. The number of carbonyl (C=O) groups is 1. The monoisotopic (exact) mass is 597 g/mol. The van der Waals surface area contributed by atoms with Gasteiger partial charge in [-0.05, 0) is 49.1 Å². The zero-order valence-corrected chi connectivity index (χ0v) is 24.3. The first-order valence-electron chi connectivity index (χ1n) is 14.4. The number of aliphatic hydroxyl groups excluding tert-OH is 1. The van der Waals surface area contributed by atoms with E-state index in [1.54, 1.807) is 24.1 Å². The Kier molecular flexibility index (Phi) is 8.45. The molecule has 2 aromatic heterocycles. The Morgan fingerprint density at radius 1 is 1.07 bits per heavy atom. The summed E-state index contributed by atoms with van der Waals surface area (Å²) in [7, 11) is 1.59. The molecule has 43 heavy (non-hydrogen) atoms. The minimum absolute atomic E-state index is 0.167. The average Bonchev–Trinajstić information content (AvgIpc) is 3.44. The number of hydrogen-bond donors (Lipinski definition) is 1. The van der Waals surface area contributed by atoms with E-state index in [0.717, 1.165) is 12.1 Å². The molecule has 4 atom stereocenters. The number of β-amino-alcohol motifs (C(OH)–C–C–N with tert-alkyl or cyclic N) is 1. The number of benzene rings is 1. The Balaban J connectivity index is 1.57. The van der Waals surface area contributed by atoms with Gasteiger partial charge in [0.15, 0.2) is 5.82 Å². The lowest BCUT2D eigenvalue weighted by molar-refractivity contribution is -0.138. The normalized spacial score (nSPS) is 22.1. The number of piperazine rings is 1. The lowest BCUT2D eigenvalue weighted by atomic mass is 9.94. The van der Waals surface area contributed by atoms with Crippen molar-refractivity contribution in [1.82, 2.24) is 24.3 Å². The number of nitrogens with zero attached hydrogens (tertiary/aromatic N) is 7. The Hall–Kier alpha value is -4.02. The van der Waals surface area contributed by atoms with E-state index >= 15 is 0 Å². The van der Waals surface area contributed by atoms with Gasteiger partial charge in [0.2, 0.25) is 5.91 Å². The first kappa shape index (κ1) is 30.4. The minimum atomic E-state index is -4.51. The molecule has 3 aromatic rings. The number of nitriles is 1. The van der Waals surface area contributed by atoms with Crippen LogP contribution in [0.25, 0.3) is 11.0 Å². The van der Waals surface area contributed by atoms with E-state index in [1.165, 1.54) is 16.7 Å². The van der Waals surface area contributed by atoms with Crippen LogP contribution >= 0.6 is 0 Å². The molecule has 0 bridgehead atoms. The fraction of sp³-hybridized carbons (Fsp3) is 0.500. The van der Waals surface area contributed by atoms with Crippen LogP contribution in [-0.4, -0.2) is 79.7 Å². The number of amides is 1. The van der Waals surface area contributed by atoms with Gasteiger partial charge in [0.1, 0.15) is 23.3 Å². The number of aromatic nitrogens is 3. The van der Waals surface area contributed by atoms with E-state index in [-0.39, 0.29) is 30.2 Å². The highest BCUT2D eigenvalue weighted by atomic mass is 19.4. The molecule has 2 aliphatic heterocycles. The molecule has 13 heteroatoms. The molecule has 1 N–H and O–H groups in total. The number of aryl methyl sites for hydroxylation is 1. The number of aliphatic hydroxyl groups is 1. The van der Waals surface area contributed by atoms with Gasteiger partial charge in [-0.1, -0.05) is 26.0 Å². The first-order chi connectivity index (χ1) is 20.5. The number of carbonyl (C=O) groups excluding carboxylic acids is 1. The fourth-order valence-corrected chi connectivity index (χ4v) is 6.18. The maximum absolute atomic E-state index is 14.0. The predicted octanol–water partition coefficient (Wildman–Crippen LogP) is 3.23. The number of anilines is 1. The summed E-state index contributed by atoms with van der Waals surface area (Å²) >= 11 is 0. The van der Waals surface area contributed by atoms with Gasteiger partial charge in [-0.25, -0.2) is 9.78 Å². The van der Waals surface area contributed by atoms with E-state index in [2.05, 4.69) is 9.97 Å². The van der Waals surface area contributed by atoms with Gasteiger partial charge in [0.05, 0.1) is 17.2 Å². The SMILES string of the molecule is CC[C@H]1CN(C(C(=O)N2CCC(O)C2)c2ccc(C(F)(F)F)cc2)[C@H](CC)CN1c1nc(=O)n(C)c2ccc(C#N)nc12. The van der Waals surface area contributed by atoms with Crippen molar-refractivity contribution in [2.24, 2.45) is 7.05 Å². The van der Waals surface area contributed by atoms with Crippen molar-refractivity contribution in [2.75, 3.05) is 31.1 Å². The molecular formula is C30H34F3N7O3. The van der Waals surface area contributed by atoms with E-state index in [4.69, 9.17) is 0 Å². The second kappa shape index (κ2) is 11.9. The third-order valence-electron chi connectivity index (χ3n) is 8.60. The number of rotatable bonds is 6. The summed E-state index contributed by atoms with van der Waals surface area (Å²) in [6.45, 7) is 5.21. The highest BCUT2D eigenvalue weighted by Crippen LogP contribution is 2.36. The highest BCUT2D eigenvalue weighted by molar-refractivity contribution is 5.87. The summed E-state index contributed by atoms with van der Waals surface area (Å²) in [5, 5.41) is 19.6. The van der Waals surface area contributed by atoms with Gasteiger partial charge in [0.25, 0.3) is 0 Å². The number of pyridine rings is 1. The highest BCUT2D eigenvalue weighted by Gasteiger charge is 2.43. The van der Waals surface area contributed by atoms with E-state index in [1.807, 2.05) is 29.7 Å². The molecule has 1 aromatic carbocycles. The fourth-order valence-electron chi connectivity index (χ4n) is 6.18. The zero-order valence-electron chi connectivity index (χ0n) is 24.3. The second-order valence-corrected chi connectivity index (χ2v) is 11.2. The molecule has 2 saturated heterocycles. The van der Waals surface area contributed by atoms with Crippen LogP contribution in [0.15, 0.2) is 41.2 Å². The molecule has 5 rings (SSSR count). The third-order valence-corrected chi connectivity index (χ3v) is 8.60. The van der Waals surface area contributed by atoms with E-state index < -0.39 is 29.6 Å². The topological polar surface area (TPSA) is 119 Å². The molecule has 0 saturated carbocycles. The van der Waals surface area contributed by atoms with Crippen LogP contribution in [0.3, 0.4) is 0 Å². The van der Waals surface area contributed by atoms with Crippen LogP contribution in [0, 0.1) is 11.3 Å². The van der Waals surface area contributed by atoms with Gasteiger partial charge in [-0.2, -0.15) is 23.4 Å².